The van der Waals surface area contributed by atoms with Gasteiger partial charge in [0, 0.05) is 10.9 Å². The van der Waals surface area contributed by atoms with Crippen molar-refractivity contribution in [2.45, 2.75) is 26.7 Å². The predicted octanol–water partition coefficient (Wildman–Crippen LogP) is 4.25. The number of ether oxygens (including phenoxy) is 1. The quantitative estimate of drug-likeness (QED) is 0.809. The highest BCUT2D eigenvalue weighted by atomic mass is 32.1. The Morgan fingerprint density at radius 3 is 2.59 bits per heavy atom. The molecule has 0 bridgehead atoms. The van der Waals surface area contributed by atoms with E-state index < -0.39 is 0 Å². The number of aromatic nitrogens is 1. The molecule has 0 saturated carbocycles. The van der Waals surface area contributed by atoms with E-state index in [0.29, 0.717) is 5.92 Å². The first-order chi connectivity index (χ1) is 8.11. The van der Waals surface area contributed by atoms with Crippen LogP contribution in [0.1, 0.15) is 31.0 Å². The second kappa shape index (κ2) is 4.88. The molecule has 2 aromatic rings. The molecule has 0 atom stereocenters. The monoisotopic (exact) mass is 247 g/mol. The van der Waals surface area contributed by atoms with E-state index in [0.717, 1.165) is 16.3 Å². The normalized spacial score (nSPS) is 10.9. The van der Waals surface area contributed by atoms with Crippen molar-refractivity contribution in [1.82, 2.24) is 4.98 Å². The second-order valence-corrected chi connectivity index (χ2v) is 5.27. The van der Waals surface area contributed by atoms with Gasteiger partial charge in [0.05, 0.1) is 12.8 Å². The fourth-order valence-corrected chi connectivity index (χ4v) is 2.67. The van der Waals surface area contributed by atoms with Gasteiger partial charge in [-0.2, -0.15) is 0 Å². The molecule has 1 aromatic heterocycles. The first kappa shape index (κ1) is 12.1. The van der Waals surface area contributed by atoms with Gasteiger partial charge >= 0.3 is 0 Å². The lowest BCUT2D eigenvalue weighted by atomic mass is 10.1. The molecule has 1 aromatic carbocycles. The van der Waals surface area contributed by atoms with Crippen LogP contribution in [0.4, 0.5) is 0 Å². The van der Waals surface area contributed by atoms with E-state index >= 15 is 0 Å². The number of hydrogen-bond donors (Lipinski definition) is 0. The van der Waals surface area contributed by atoms with Gasteiger partial charge in [0.1, 0.15) is 10.8 Å². The first-order valence-electron chi connectivity index (χ1n) is 5.72. The lowest BCUT2D eigenvalue weighted by Crippen LogP contribution is -1.89. The molecule has 2 rings (SSSR count). The van der Waals surface area contributed by atoms with Crippen LogP contribution < -0.4 is 4.74 Å². The van der Waals surface area contributed by atoms with Gasteiger partial charge < -0.3 is 4.74 Å². The fourth-order valence-electron chi connectivity index (χ4n) is 1.70. The molecule has 0 aliphatic heterocycles. The minimum Gasteiger partial charge on any atom is -0.496 e. The van der Waals surface area contributed by atoms with Crippen LogP contribution in [-0.4, -0.2) is 12.1 Å². The Balaban J connectivity index is 2.36. The van der Waals surface area contributed by atoms with Crippen LogP contribution in [0.25, 0.3) is 10.6 Å². The Hall–Kier alpha value is -1.35. The maximum absolute atomic E-state index is 5.26. The number of methoxy groups -OCH3 is 1. The molecule has 0 N–H and O–H groups in total. The molecule has 0 aliphatic rings. The van der Waals surface area contributed by atoms with Gasteiger partial charge in [-0.1, -0.05) is 13.8 Å². The van der Waals surface area contributed by atoms with Crippen LogP contribution in [0.3, 0.4) is 0 Å². The van der Waals surface area contributed by atoms with E-state index in [-0.39, 0.29) is 0 Å². The van der Waals surface area contributed by atoms with Crippen LogP contribution in [0.5, 0.6) is 5.75 Å². The van der Waals surface area contributed by atoms with Crippen molar-refractivity contribution in [3.8, 4) is 16.3 Å². The highest BCUT2D eigenvalue weighted by Crippen LogP contribution is 2.29. The van der Waals surface area contributed by atoms with Gasteiger partial charge in [0.2, 0.25) is 0 Å². The molecule has 17 heavy (non-hydrogen) atoms. The van der Waals surface area contributed by atoms with Crippen molar-refractivity contribution in [3.63, 3.8) is 0 Å². The zero-order chi connectivity index (χ0) is 12.4. The van der Waals surface area contributed by atoms with Gasteiger partial charge in [-0.15, -0.1) is 11.3 Å². The van der Waals surface area contributed by atoms with E-state index in [2.05, 4.69) is 43.3 Å². The zero-order valence-corrected chi connectivity index (χ0v) is 11.5. The summed E-state index contributed by atoms with van der Waals surface area (Å²) < 4.78 is 5.26. The summed E-state index contributed by atoms with van der Waals surface area (Å²) in [6.07, 6.45) is 0. The van der Waals surface area contributed by atoms with Gasteiger partial charge in [-0.05, 0) is 36.6 Å². The highest BCUT2D eigenvalue weighted by molar-refractivity contribution is 7.13. The van der Waals surface area contributed by atoms with E-state index in [9.17, 15) is 0 Å². The van der Waals surface area contributed by atoms with Gasteiger partial charge in [-0.25, -0.2) is 4.98 Å². The topological polar surface area (TPSA) is 22.1 Å². The predicted molar refractivity (Wildman–Crippen MR) is 72.9 cm³/mol. The minimum absolute atomic E-state index is 0.486. The summed E-state index contributed by atoms with van der Waals surface area (Å²) in [4.78, 5) is 4.65. The van der Waals surface area contributed by atoms with E-state index in [1.807, 2.05) is 6.07 Å². The van der Waals surface area contributed by atoms with E-state index in [1.54, 1.807) is 18.4 Å². The summed E-state index contributed by atoms with van der Waals surface area (Å²) in [7, 11) is 1.70. The summed E-state index contributed by atoms with van der Waals surface area (Å²) in [5.41, 5.74) is 3.48. The molecular weight excluding hydrogens is 230 g/mol. The van der Waals surface area contributed by atoms with E-state index in [1.165, 1.54) is 11.3 Å². The summed E-state index contributed by atoms with van der Waals surface area (Å²) in [6, 6.07) is 6.19. The van der Waals surface area contributed by atoms with Gasteiger partial charge in [-0.3, -0.25) is 0 Å². The summed E-state index contributed by atoms with van der Waals surface area (Å²) in [6.45, 7) is 6.38. The Morgan fingerprint density at radius 2 is 2.06 bits per heavy atom. The molecule has 0 spiro atoms. The van der Waals surface area contributed by atoms with Crippen molar-refractivity contribution in [3.05, 3.63) is 34.8 Å². The van der Waals surface area contributed by atoms with Crippen molar-refractivity contribution >= 4 is 11.3 Å². The molecule has 0 fully saturated rings. The zero-order valence-electron chi connectivity index (χ0n) is 10.7. The van der Waals surface area contributed by atoms with Gasteiger partial charge in [0.25, 0.3) is 0 Å². The average molecular weight is 247 g/mol. The minimum atomic E-state index is 0.486. The van der Waals surface area contributed by atoms with Crippen LogP contribution in [0, 0.1) is 6.92 Å². The van der Waals surface area contributed by atoms with Crippen molar-refractivity contribution < 1.29 is 4.74 Å². The Bertz CT molecular complexity index is 517. The number of nitrogens with zero attached hydrogens (tertiary/aromatic N) is 1. The Morgan fingerprint density at radius 1 is 1.29 bits per heavy atom. The van der Waals surface area contributed by atoms with Crippen molar-refractivity contribution in [2.75, 3.05) is 7.11 Å². The third-order valence-corrected chi connectivity index (χ3v) is 3.66. The maximum atomic E-state index is 5.26. The summed E-state index contributed by atoms with van der Waals surface area (Å²) >= 11 is 1.70. The molecule has 0 saturated heterocycles. The smallest absolute Gasteiger partial charge is 0.123 e. The lowest BCUT2D eigenvalue weighted by Gasteiger charge is -2.05. The number of thiazole rings is 1. The van der Waals surface area contributed by atoms with Crippen LogP contribution >= 0.6 is 11.3 Å². The Labute approximate surface area is 106 Å². The molecule has 90 valence electrons. The molecule has 0 radical (unpaired) electrons. The first-order valence-corrected chi connectivity index (χ1v) is 6.60. The third-order valence-electron chi connectivity index (χ3n) is 2.76. The lowest BCUT2D eigenvalue weighted by molar-refractivity contribution is 0.412. The fraction of sp³-hybridized carbons (Fsp3) is 0.357. The molecular formula is C14H17NOS. The molecule has 3 heteroatoms. The van der Waals surface area contributed by atoms with Crippen molar-refractivity contribution in [1.29, 1.82) is 0 Å². The third kappa shape index (κ3) is 2.50. The summed E-state index contributed by atoms with van der Waals surface area (Å²) in [5.74, 6) is 1.41. The highest BCUT2D eigenvalue weighted by Gasteiger charge is 2.08. The van der Waals surface area contributed by atoms with Crippen molar-refractivity contribution in [2.24, 2.45) is 0 Å². The second-order valence-electron chi connectivity index (χ2n) is 4.42. The van der Waals surface area contributed by atoms with Crippen LogP contribution in [-0.2, 0) is 0 Å². The Kier molecular flexibility index (Phi) is 3.48. The number of rotatable bonds is 3. The molecule has 2 nitrogen and oxygen atoms in total. The molecule has 0 unspecified atom stereocenters. The SMILES string of the molecule is COc1ccc(-c2nc(C(C)C)cs2)cc1C. The van der Waals surface area contributed by atoms with Crippen LogP contribution in [0.2, 0.25) is 0 Å². The molecule has 1 heterocycles. The van der Waals surface area contributed by atoms with E-state index in [4.69, 9.17) is 4.74 Å². The number of benzene rings is 1. The standard InChI is InChI=1S/C14H17NOS/c1-9(2)12-8-17-14(15-12)11-5-6-13(16-4)10(3)7-11/h5-9H,1-4H3. The molecule has 0 aliphatic carbocycles. The largest absolute Gasteiger partial charge is 0.496 e. The number of hydrogen-bond acceptors (Lipinski definition) is 3. The maximum Gasteiger partial charge on any atom is 0.123 e. The number of aryl methyl sites for hydroxylation is 1. The van der Waals surface area contributed by atoms with Gasteiger partial charge in [0.15, 0.2) is 0 Å². The summed E-state index contributed by atoms with van der Waals surface area (Å²) in [5, 5.41) is 3.22. The average Bonchev–Trinajstić information content (AvgIpc) is 2.78. The van der Waals surface area contributed by atoms with Crippen LogP contribution in [0.15, 0.2) is 23.6 Å². The molecule has 0 amide bonds.